The van der Waals surface area contributed by atoms with Crippen LogP contribution in [-0.2, 0) is 4.79 Å². The van der Waals surface area contributed by atoms with Crippen molar-refractivity contribution >= 4 is 17.7 Å². The first-order valence-electron chi connectivity index (χ1n) is 11.0. The molecule has 0 saturated carbocycles. The molecule has 0 radical (unpaired) electrons. The zero-order chi connectivity index (χ0) is 24.2. The molecular formula is C24H28FN5O3S. The Morgan fingerprint density at radius 2 is 1.85 bits per heavy atom. The van der Waals surface area contributed by atoms with Crippen LogP contribution < -0.4 is 9.47 Å². The van der Waals surface area contributed by atoms with Gasteiger partial charge in [0.15, 0.2) is 28.6 Å². The standard InChI is InChI=1S/C24H28FN5O3S/c1-16(28(2)3)23-26-27-24(30(23)18-11-9-17(25)10-12-18)34-15-22(31)29(4)13-19-14-32-20-7-5-6-8-21(20)33-19/h5-12,16,19H,13-15H2,1-4H3/t16-,19-/m1/s1. The highest BCUT2D eigenvalue weighted by Crippen LogP contribution is 2.31. The van der Waals surface area contributed by atoms with Gasteiger partial charge in [0, 0.05) is 12.7 Å². The quantitative estimate of drug-likeness (QED) is 0.453. The summed E-state index contributed by atoms with van der Waals surface area (Å²) in [6, 6.07) is 13.6. The predicted molar refractivity (Wildman–Crippen MR) is 128 cm³/mol. The van der Waals surface area contributed by atoms with Gasteiger partial charge in [-0.15, -0.1) is 10.2 Å². The van der Waals surface area contributed by atoms with Crippen LogP contribution in [-0.4, -0.2) is 76.6 Å². The van der Waals surface area contributed by atoms with Crippen LogP contribution in [0.15, 0.2) is 53.7 Å². The van der Waals surface area contributed by atoms with Crippen molar-refractivity contribution < 1.29 is 18.7 Å². The van der Waals surface area contributed by atoms with E-state index >= 15 is 0 Å². The lowest BCUT2D eigenvalue weighted by molar-refractivity contribution is -0.128. The molecule has 0 saturated heterocycles. The van der Waals surface area contributed by atoms with E-state index < -0.39 is 0 Å². The molecule has 0 N–H and O–H groups in total. The lowest BCUT2D eigenvalue weighted by Gasteiger charge is -2.29. The Labute approximate surface area is 202 Å². The second-order valence-corrected chi connectivity index (χ2v) is 9.30. The van der Waals surface area contributed by atoms with Gasteiger partial charge >= 0.3 is 0 Å². The topological polar surface area (TPSA) is 72.7 Å². The average molecular weight is 486 g/mol. The minimum atomic E-state index is -0.318. The number of thioether (sulfide) groups is 1. The zero-order valence-electron chi connectivity index (χ0n) is 19.6. The van der Waals surface area contributed by atoms with Crippen LogP contribution in [0.4, 0.5) is 4.39 Å². The van der Waals surface area contributed by atoms with Gasteiger partial charge in [-0.25, -0.2) is 4.39 Å². The van der Waals surface area contributed by atoms with Gasteiger partial charge in [0.05, 0.1) is 18.3 Å². The molecule has 0 aliphatic carbocycles. The van der Waals surface area contributed by atoms with Crippen molar-refractivity contribution in [3.8, 4) is 17.2 Å². The molecule has 34 heavy (non-hydrogen) atoms. The second kappa shape index (κ2) is 10.4. The Morgan fingerprint density at radius 3 is 2.56 bits per heavy atom. The van der Waals surface area contributed by atoms with Gasteiger partial charge in [0.1, 0.15) is 12.4 Å². The van der Waals surface area contributed by atoms with Crippen LogP contribution >= 0.6 is 11.8 Å². The molecule has 2 atom stereocenters. The van der Waals surface area contributed by atoms with E-state index in [0.29, 0.717) is 35.6 Å². The molecule has 1 aromatic heterocycles. The molecule has 2 aromatic carbocycles. The Hall–Kier alpha value is -3.11. The molecule has 10 heteroatoms. The van der Waals surface area contributed by atoms with Gasteiger partial charge < -0.3 is 14.4 Å². The predicted octanol–water partition coefficient (Wildman–Crippen LogP) is 3.42. The maximum absolute atomic E-state index is 13.5. The van der Waals surface area contributed by atoms with Crippen molar-refractivity contribution in [2.45, 2.75) is 24.2 Å². The summed E-state index contributed by atoms with van der Waals surface area (Å²) in [7, 11) is 5.65. The molecule has 0 spiro atoms. The van der Waals surface area contributed by atoms with Crippen LogP contribution in [0.3, 0.4) is 0 Å². The first-order valence-corrected chi connectivity index (χ1v) is 11.9. The first-order chi connectivity index (χ1) is 16.3. The molecule has 3 aromatic rings. The molecule has 180 valence electrons. The summed E-state index contributed by atoms with van der Waals surface area (Å²) in [5.41, 5.74) is 0.741. The molecular weight excluding hydrogens is 457 g/mol. The maximum Gasteiger partial charge on any atom is 0.232 e. The highest BCUT2D eigenvalue weighted by atomic mass is 32.2. The third-order valence-electron chi connectivity index (χ3n) is 5.69. The lowest BCUT2D eigenvalue weighted by Crippen LogP contribution is -2.42. The first kappa shape index (κ1) is 24.0. The summed E-state index contributed by atoms with van der Waals surface area (Å²) in [4.78, 5) is 16.5. The van der Waals surface area contributed by atoms with E-state index in [1.54, 1.807) is 24.1 Å². The summed E-state index contributed by atoms with van der Waals surface area (Å²) < 4.78 is 27.1. The SMILES string of the molecule is C[C@H](c1nnc(SCC(=O)N(C)C[C@@H]2COc3ccccc3O2)n1-c1ccc(F)cc1)N(C)C. The zero-order valence-corrected chi connectivity index (χ0v) is 20.5. The summed E-state index contributed by atoms with van der Waals surface area (Å²) in [6.07, 6.45) is -0.246. The van der Waals surface area contributed by atoms with Crippen molar-refractivity contribution in [2.24, 2.45) is 0 Å². The molecule has 2 heterocycles. The number of hydrogen-bond acceptors (Lipinski definition) is 7. The Morgan fingerprint density at radius 1 is 1.15 bits per heavy atom. The van der Waals surface area contributed by atoms with Gasteiger partial charge in [-0.2, -0.15) is 0 Å². The van der Waals surface area contributed by atoms with Crippen molar-refractivity contribution in [3.63, 3.8) is 0 Å². The minimum absolute atomic E-state index is 0.0309. The van der Waals surface area contributed by atoms with Crippen LogP contribution in [0.5, 0.6) is 11.5 Å². The number of fused-ring (bicyclic) bond motifs is 1. The largest absolute Gasteiger partial charge is 0.486 e. The third kappa shape index (κ3) is 5.34. The number of amides is 1. The monoisotopic (exact) mass is 485 g/mol. The average Bonchev–Trinajstić information content (AvgIpc) is 3.26. The van der Waals surface area contributed by atoms with Crippen molar-refractivity contribution in [1.82, 2.24) is 24.6 Å². The lowest BCUT2D eigenvalue weighted by atomic mass is 10.2. The molecule has 0 unspecified atom stereocenters. The fourth-order valence-electron chi connectivity index (χ4n) is 3.51. The second-order valence-electron chi connectivity index (χ2n) is 8.35. The number of aromatic nitrogens is 3. The number of carbonyl (C=O) groups is 1. The number of benzene rings is 2. The van der Waals surface area contributed by atoms with Gasteiger partial charge in [-0.1, -0.05) is 23.9 Å². The van der Waals surface area contributed by atoms with Crippen LogP contribution in [0.25, 0.3) is 5.69 Å². The number of hydrogen-bond donors (Lipinski definition) is 0. The number of carbonyl (C=O) groups excluding carboxylic acids is 1. The number of rotatable bonds is 8. The molecule has 1 aliphatic heterocycles. The van der Waals surface area contributed by atoms with E-state index in [2.05, 4.69) is 10.2 Å². The smallest absolute Gasteiger partial charge is 0.232 e. The molecule has 1 amide bonds. The van der Waals surface area contributed by atoms with E-state index in [1.807, 2.05) is 54.8 Å². The van der Waals surface area contributed by atoms with Crippen LogP contribution in [0.1, 0.15) is 18.8 Å². The van der Waals surface area contributed by atoms with Crippen molar-refractivity contribution in [3.05, 3.63) is 60.2 Å². The van der Waals surface area contributed by atoms with E-state index in [1.165, 1.54) is 23.9 Å². The van der Waals surface area contributed by atoms with Gasteiger partial charge in [0.25, 0.3) is 0 Å². The fourth-order valence-corrected chi connectivity index (χ4v) is 4.41. The highest BCUT2D eigenvalue weighted by Gasteiger charge is 2.25. The summed E-state index contributed by atoms with van der Waals surface area (Å²) in [5.74, 6) is 1.90. The number of halogens is 1. The number of para-hydroxylation sites is 2. The van der Waals surface area contributed by atoms with Gasteiger partial charge in [-0.3, -0.25) is 14.3 Å². The fraction of sp³-hybridized carbons (Fsp3) is 0.375. The van der Waals surface area contributed by atoms with E-state index in [0.717, 1.165) is 5.69 Å². The Bertz CT molecular complexity index is 1140. The van der Waals surface area contributed by atoms with Crippen LogP contribution in [0, 0.1) is 5.82 Å². The molecule has 0 bridgehead atoms. The Kier molecular flexibility index (Phi) is 7.38. The van der Waals surface area contributed by atoms with Crippen molar-refractivity contribution in [1.29, 1.82) is 0 Å². The Balaban J connectivity index is 1.43. The molecule has 4 rings (SSSR count). The number of likely N-dealkylation sites (N-methyl/N-ethyl adjacent to an activating group) is 1. The minimum Gasteiger partial charge on any atom is -0.486 e. The highest BCUT2D eigenvalue weighted by molar-refractivity contribution is 7.99. The summed E-state index contributed by atoms with van der Waals surface area (Å²) in [6.45, 7) is 2.80. The van der Waals surface area contributed by atoms with Crippen LogP contribution in [0.2, 0.25) is 0 Å². The van der Waals surface area contributed by atoms with E-state index in [4.69, 9.17) is 9.47 Å². The van der Waals surface area contributed by atoms with Gasteiger partial charge in [-0.05, 0) is 57.4 Å². The number of nitrogens with zero attached hydrogens (tertiary/aromatic N) is 5. The van der Waals surface area contributed by atoms with E-state index in [-0.39, 0.29) is 29.6 Å². The summed E-state index contributed by atoms with van der Waals surface area (Å²) in [5, 5.41) is 9.27. The molecule has 0 fully saturated rings. The summed E-state index contributed by atoms with van der Waals surface area (Å²) >= 11 is 1.30. The van der Waals surface area contributed by atoms with Gasteiger partial charge in [0.2, 0.25) is 5.91 Å². The molecule has 8 nitrogen and oxygen atoms in total. The normalized spacial score (nSPS) is 15.9. The maximum atomic E-state index is 13.5. The third-order valence-corrected chi connectivity index (χ3v) is 6.60. The molecule has 1 aliphatic rings. The number of ether oxygens (including phenoxy) is 2. The van der Waals surface area contributed by atoms with E-state index in [9.17, 15) is 9.18 Å². The van der Waals surface area contributed by atoms with Crippen molar-refractivity contribution in [2.75, 3.05) is 40.0 Å².